The first kappa shape index (κ1) is 28.2. The fourth-order valence-corrected chi connectivity index (χ4v) is 3.13. The first-order chi connectivity index (χ1) is 14.7. The molecule has 2 rings (SSSR count). The van der Waals surface area contributed by atoms with Gasteiger partial charge in [-0.05, 0) is 32.9 Å². The number of halogens is 4. The van der Waals surface area contributed by atoms with Crippen LogP contribution in [0.4, 0.5) is 13.2 Å². The first-order valence-corrected chi connectivity index (χ1v) is 10.4. The summed E-state index contributed by atoms with van der Waals surface area (Å²) in [6, 6.07) is 2.28. The Hall–Kier alpha value is -1.83. The van der Waals surface area contributed by atoms with Gasteiger partial charge in [-0.3, -0.25) is 9.69 Å². The molecule has 0 aliphatic carbocycles. The van der Waals surface area contributed by atoms with Crippen LogP contribution < -0.4 is 15.4 Å². The molecule has 1 amide bonds. The van der Waals surface area contributed by atoms with E-state index in [1.807, 2.05) is 20.8 Å². The second kappa shape index (κ2) is 13.7. The standard InChI is InChI=1S/C20H31F3N6O2.HI/c1-4-24-19(29-11-9-28(10-12-29)14-17(30)27-15(2)3)26-8-13-31-18-16(20(21,22)23)6-5-7-25-18;/h5-7,15H,4,8-14H2,1-3H3,(H,24,26)(H,27,30);1H. The molecule has 0 bridgehead atoms. The number of rotatable bonds is 8. The summed E-state index contributed by atoms with van der Waals surface area (Å²) in [4.78, 5) is 24.2. The Morgan fingerprint density at radius 2 is 1.97 bits per heavy atom. The van der Waals surface area contributed by atoms with E-state index in [0.717, 1.165) is 19.2 Å². The third kappa shape index (κ3) is 9.35. The van der Waals surface area contributed by atoms with E-state index in [2.05, 4.69) is 30.4 Å². The van der Waals surface area contributed by atoms with Crippen LogP contribution >= 0.6 is 24.0 Å². The summed E-state index contributed by atoms with van der Waals surface area (Å²) in [6.07, 6.45) is -3.26. The summed E-state index contributed by atoms with van der Waals surface area (Å²) < 4.78 is 44.3. The third-order valence-corrected chi connectivity index (χ3v) is 4.49. The fraction of sp³-hybridized carbons (Fsp3) is 0.650. The van der Waals surface area contributed by atoms with Crippen molar-refractivity contribution in [1.29, 1.82) is 0 Å². The maximum absolute atomic E-state index is 13.0. The van der Waals surface area contributed by atoms with Gasteiger partial charge in [0.05, 0.1) is 13.1 Å². The van der Waals surface area contributed by atoms with E-state index in [1.165, 1.54) is 12.3 Å². The molecule has 0 spiro atoms. The van der Waals surface area contributed by atoms with Crippen molar-refractivity contribution in [3.63, 3.8) is 0 Å². The average molecular weight is 572 g/mol. The van der Waals surface area contributed by atoms with Gasteiger partial charge in [0.2, 0.25) is 11.8 Å². The summed E-state index contributed by atoms with van der Waals surface area (Å²) >= 11 is 0. The number of ether oxygens (including phenoxy) is 1. The summed E-state index contributed by atoms with van der Waals surface area (Å²) in [5.74, 6) is 0.242. The van der Waals surface area contributed by atoms with Crippen LogP contribution in [0.5, 0.6) is 5.88 Å². The van der Waals surface area contributed by atoms with Crippen LogP contribution in [0.2, 0.25) is 0 Å². The summed E-state index contributed by atoms with van der Waals surface area (Å²) in [5, 5.41) is 6.08. The van der Waals surface area contributed by atoms with Crippen molar-refractivity contribution in [2.45, 2.75) is 33.0 Å². The van der Waals surface area contributed by atoms with Gasteiger partial charge in [0.25, 0.3) is 0 Å². The Morgan fingerprint density at radius 3 is 2.56 bits per heavy atom. The molecular formula is C20H32F3IN6O2. The largest absolute Gasteiger partial charge is 0.475 e. The lowest BCUT2D eigenvalue weighted by Gasteiger charge is -2.36. The molecule has 2 heterocycles. The Balaban J connectivity index is 0.00000512. The van der Waals surface area contributed by atoms with E-state index in [-0.39, 0.29) is 49.1 Å². The number of hydrogen-bond donors (Lipinski definition) is 2. The van der Waals surface area contributed by atoms with Crippen LogP contribution in [0.15, 0.2) is 23.3 Å². The van der Waals surface area contributed by atoms with Gasteiger partial charge in [-0.2, -0.15) is 13.2 Å². The number of guanidine groups is 1. The summed E-state index contributed by atoms with van der Waals surface area (Å²) in [7, 11) is 0. The summed E-state index contributed by atoms with van der Waals surface area (Å²) in [6.45, 7) is 9.81. The molecule has 1 fully saturated rings. The lowest BCUT2D eigenvalue weighted by Crippen LogP contribution is -2.54. The van der Waals surface area contributed by atoms with E-state index in [9.17, 15) is 18.0 Å². The molecule has 0 atom stereocenters. The number of nitrogens with one attached hydrogen (secondary N) is 2. The van der Waals surface area contributed by atoms with E-state index in [1.54, 1.807) is 0 Å². The molecule has 182 valence electrons. The number of piperazine rings is 1. The molecule has 1 aliphatic heterocycles. The zero-order valence-corrected chi connectivity index (χ0v) is 20.9. The average Bonchev–Trinajstić information content (AvgIpc) is 2.70. The maximum atomic E-state index is 13.0. The van der Waals surface area contributed by atoms with Gasteiger partial charge in [-0.1, -0.05) is 0 Å². The molecule has 2 N–H and O–H groups in total. The molecule has 12 heteroatoms. The van der Waals surface area contributed by atoms with E-state index in [0.29, 0.717) is 32.1 Å². The van der Waals surface area contributed by atoms with Crippen LogP contribution in [-0.4, -0.2) is 85.1 Å². The highest BCUT2D eigenvalue weighted by Crippen LogP contribution is 2.34. The lowest BCUT2D eigenvalue weighted by molar-refractivity contribution is -0.139. The Bertz CT molecular complexity index is 740. The van der Waals surface area contributed by atoms with Crippen molar-refractivity contribution in [1.82, 2.24) is 25.4 Å². The fourth-order valence-electron chi connectivity index (χ4n) is 3.13. The normalized spacial score (nSPS) is 15.3. The number of alkyl halides is 3. The van der Waals surface area contributed by atoms with Crippen molar-refractivity contribution in [2.75, 3.05) is 52.4 Å². The summed E-state index contributed by atoms with van der Waals surface area (Å²) in [5.41, 5.74) is -0.900. The Labute approximate surface area is 204 Å². The SMILES string of the molecule is CCNC(=NCCOc1ncccc1C(F)(F)F)N1CCN(CC(=O)NC(C)C)CC1.I. The number of pyridine rings is 1. The van der Waals surface area contributed by atoms with Gasteiger partial charge in [0, 0.05) is 45.0 Å². The zero-order chi connectivity index (χ0) is 22.9. The highest BCUT2D eigenvalue weighted by atomic mass is 127. The van der Waals surface area contributed by atoms with Gasteiger partial charge >= 0.3 is 6.18 Å². The number of amides is 1. The predicted molar refractivity (Wildman–Crippen MR) is 127 cm³/mol. The molecule has 1 saturated heterocycles. The second-order valence-electron chi connectivity index (χ2n) is 7.42. The molecule has 1 aromatic rings. The Morgan fingerprint density at radius 1 is 1.28 bits per heavy atom. The Kier molecular flexibility index (Phi) is 12.0. The molecule has 8 nitrogen and oxygen atoms in total. The van der Waals surface area contributed by atoms with Crippen molar-refractivity contribution >= 4 is 35.8 Å². The van der Waals surface area contributed by atoms with E-state index < -0.39 is 17.6 Å². The maximum Gasteiger partial charge on any atom is 0.421 e. The second-order valence-corrected chi connectivity index (χ2v) is 7.42. The number of aromatic nitrogens is 1. The molecule has 32 heavy (non-hydrogen) atoms. The number of aliphatic imine (C=N–C) groups is 1. The molecular weight excluding hydrogens is 540 g/mol. The van der Waals surface area contributed by atoms with Crippen LogP contribution in [0.3, 0.4) is 0 Å². The quantitative estimate of drug-likeness (QED) is 0.215. The number of carbonyl (C=O) groups is 1. The minimum absolute atomic E-state index is 0. The molecule has 0 radical (unpaired) electrons. The van der Waals surface area contributed by atoms with Crippen molar-refractivity contribution in [2.24, 2.45) is 4.99 Å². The van der Waals surface area contributed by atoms with Gasteiger partial charge in [0.15, 0.2) is 5.96 Å². The topological polar surface area (TPSA) is 82.1 Å². The third-order valence-electron chi connectivity index (χ3n) is 4.49. The zero-order valence-electron chi connectivity index (χ0n) is 18.6. The lowest BCUT2D eigenvalue weighted by atomic mass is 10.2. The number of nitrogens with zero attached hydrogens (tertiary/aromatic N) is 4. The van der Waals surface area contributed by atoms with Crippen LogP contribution in [0.25, 0.3) is 0 Å². The predicted octanol–water partition coefficient (Wildman–Crippen LogP) is 2.20. The molecule has 0 saturated carbocycles. The van der Waals surface area contributed by atoms with Gasteiger partial charge < -0.3 is 20.3 Å². The number of hydrogen-bond acceptors (Lipinski definition) is 5. The highest BCUT2D eigenvalue weighted by molar-refractivity contribution is 14.0. The first-order valence-electron chi connectivity index (χ1n) is 10.4. The van der Waals surface area contributed by atoms with Crippen LogP contribution in [0, 0.1) is 0 Å². The highest BCUT2D eigenvalue weighted by Gasteiger charge is 2.35. The van der Waals surface area contributed by atoms with Crippen molar-refractivity contribution < 1.29 is 22.7 Å². The van der Waals surface area contributed by atoms with Gasteiger partial charge in [0.1, 0.15) is 12.2 Å². The number of carbonyl (C=O) groups excluding carboxylic acids is 1. The van der Waals surface area contributed by atoms with E-state index in [4.69, 9.17) is 4.74 Å². The van der Waals surface area contributed by atoms with Crippen LogP contribution in [-0.2, 0) is 11.0 Å². The van der Waals surface area contributed by atoms with Crippen molar-refractivity contribution in [3.05, 3.63) is 23.9 Å². The molecule has 1 aromatic heterocycles. The monoisotopic (exact) mass is 572 g/mol. The van der Waals surface area contributed by atoms with Crippen molar-refractivity contribution in [3.8, 4) is 5.88 Å². The minimum atomic E-state index is -4.52. The molecule has 1 aliphatic rings. The minimum Gasteiger partial charge on any atom is -0.475 e. The van der Waals surface area contributed by atoms with E-state index >= 15 is 0 Å². The van der Waals surface area contributed by atoms with Gasteiger partial charge in [-0.15, -0.1) is 24.0 Å². The molecule has 0 aromatic carbocycles. The smallest absolute Gasteiger partial charge is 0.421 e. The molecule has 0 unspecified atom stereocenters. The van der Waals surface area contributed by atoms with Crippen LogP contribution in [0.1, 0.15) is 26.3 Å². The van der Waals surface area contributed by atoms with Gasteiger partial charge in [-0.25, -0.2) is 9.98 Å².